The van der Waals surface area contributed by atoms with Crippen LogP contribution in [0.3, 0.4) is 0 Å². The van der Waals surface area contributed by atoms with Gasteiger partial charge in [0.15, 0.2) is 0 Å². The van der Waals surface area contributed by atoms with Crippen LogP contribution in [-0.2, 0) is 10.8 Å². The van der Waals surface area contributed by atoms with E-state index in [2.05, 4.69) is 220 Å². The summed E-state index contributed by atoms with van der Waals surface area (Å²) >= 11 is 0. The van der Waals surface area contributed by atoms with Crippen LogP contribution in [0.5, 0.6) is 0 Å². The highest BCUT2D eigenvalue weighted by molar-refractivity contribution is 6.10. The summed E-state index contributed by atoms with van der Waals surface area (Å²) in [7, 11) is 0. The van der Waals surface area contributed by atoms with E-state index in [1.807, 2.05) is 0 Å². The second-order valence-electron chi connectivity index (χ2n) is 17.3. The van der Waals surface area contributed by atoms with Crippen LogP contribution < -0.4 is 4.90 Å². The number of nitrogens with zero attached hydrogens (tertiary/aromatic N) is 2. The van der Waals surface area contributed by atoms with E-state index < -0.39 is 0 Å². The second kappa shape index (κ2) is 13.4. The summed E-state index contributed by atoms with van der Waals surface area (Å²) in [5.74, 6) is 0. The number of aryl methyl sites for hydroxylation is 1. The third-order valence-electron chi connectivity index (χ3n) is 12.8. The maximum absolute atomic E-state index is 2.51. The third kappa shape index (κ3) is 5.94. The molecule has 10 rings (SSSR count). The van der Waals surface area contributed by atoms with Crippen LogP contribution >= 0.6 is 0 Å². The minimum Gasteiger partial charge on any atom is -0.310 e. The molecule has 1 aliphatic carbocycles. The molecule has 2 nitrogen and oxygen atoms in total. The fraction of sp³-hybridized carbons (Fsp3) is 0.164. The van der Waals surface area contributed by atoms with Crippen molar-refractivity contribution in [1.29, 1.82) is 0 Å². The van der Waals surface area contributed by atoms with E-state index in [-0.39, 0.29) is 10.8 Å². The molecule has 2 heteroatoms. The molecule has 0 radical (unpaired) electrons. The normalized spacial score (nSPS) is 14.5. The predicted octanol–water partition coefficient (Wildman–Crippen LogP) is 15.4. The van der Waals surface area contributed by atoms with E-state index in [1.165, 1.54) is 95.7 Å². The van der Waals surface area contributed by atoms with Crippen molar-refractivity contribution in [2.45, 2.75) is 58.3 Å². The number of anilines is 3. The summed E-state index contributed by atoms with van der Waals surface area (Å²) in [6.45, 7) is 12.0. The molecule has 57 heavy (non-hydrogen) atoms. The highest BCUT2D eigenvalue weighted by Crippen LogP contribution is 2.48. The van der Waals surface area contributed by atoms with Gasteiger partial charge in [0, 0.05) is 33.2 Å². The Bertz CT molecular complexity index is 2960. The molecule has 0 bridgehead atoms. The van der Waals surface area contributed by atoms with Gasteiger partial charge in [0.2, 0.25) is 0 Å². The van der Waals surface area contributed by atoms with Crippen molar-refractivity contribution in [3.63, 3.8) is 0 Å². The van der Waals surface area contributed by atoms with Gasteiger partial charge < -0.3 is 9.47 Å². The van der Waals surface area contributed by atoms with Gasteiger partial charge in [-0.25, -0.2) is 0 Å². The van der Waals surface area contributed by atoms with Crippen LogP contribution in [0.15, 0.2) is 176 Å². The first-order valence-electron chi connectivity index (χ1n) is 20.4. The first-order valence-corrected chi connectivity index (χ1v) is 20.4. The lowest BCUT2D eigenvalue weighted by atomic mass is 9.62. The Morgan fingerprint density at radius 3 is 1.86 bits per heavy atom. The number of hydrogen-bond donors (Lipinski definition) is 0. The van der Waals surface area contributed by atoms with Crippen LogP contribution in [0.1, 0.15) is 57.2 Å². The first-order chi connectivity index (χ1) is 27.7. The van der Waals surface area contributed by atoms with Gasteiger partial charge in [-0.3, -0.25) is 0 Å². The summed E-state index contributed by atoms with van der Waals surface area (Å²) < 4.78 is 2.45. The average Bonchev–Trinajstić information content (AvgIpc) is 3.57. The number of fused-ring (bicyclic) bond motifs is 5. The quantitative estimate of drug-likeness (QED) is 0.165. The third-order valence-corrected chi connectivity index (χ3v) is 12.8. The van der Waals surface area contributed by atoms with Gasteiger partial charge >= 0.3 is 0 Å². The van der Waals surface area contributed by atoms with Crippen molar-refractivity contribution in [2.24, 2.45) is 0 Å². The topological polar surface area (TPSA) is 8.17 Å². The van der Waals surface area contributed by atoms with Crippen molar-refractivity contribution >= 4 is 49.6 Å². The number of para-hydroxylation sites is 2. The maximum atomic E-state index is 2.51. The van der Waals surface area contributed by atoms with Crippen LogP contribution in [0.25, 0.3) is 60.5 Å². The molecule has 0 fully saturated rings. The number of rotatable bonds is 6. The Morgan fingerprint density at radius 1 is 0.456 bits per heavy atom. The fourth-order valence-electron chi connectivity index (χ4n) is 9.49. The van der Waals surface area contributed by atoms with Crippen molar-refractivity contribution in [1.82, 2.24) is 4.57 Å². The Hall–Kier alpha value is -6.38. The smallest absolute Gasteiger partial charge is 0.0541 e. The van der Waals surface area contributed by atoms with Crippen LogP contribution in [0, 0.1) is 6.92 Å². The van der Waals surface area contributed by atoms with Crippen molar-refractivity contribution in [2.75, 3.05) is 4.90 Å². The first kappa shape index (κ1) is 35.1. The highest BCUT2D eigenvalue weighted by Gasteiger charge is 2.37. The molecule has 0 atom stereocenters. The molecule has 0 unspecified atom stereocenters. The Morgan fingerprint density at radius 2 is 1.07 bits per heavy atom. The molecule has 0 spiro atoms. The van der Waals surface area contributed by atoms with E-state index in [0.717, 1.165) is 11.4 Å². The van der Waals surface area contributed by atoms with Gasteiger partial charge in [-0.2, -0.15) is 0 Å². The van der Waals surface area contributed by atoms with E-state index in [0.29, 0.717) is 0 Å². The molecule has 1 aromatic heterocycles. The zero-order valence-electron chi connectivity index (χ0n) is 33.6. The van der Waals surface area contributed by atoms with E-state index in [9.17, 15) is 0 Å². The number of benzene rings is 8. The minimum absolute atomic E-state index is 0.161. The summed E-state index contributed by atoms with van der Waals surface area (Å²) in [5.41, 5.74) is 16.8. The van der Waals surface area contributed by atoms with E-state index >= 15 is 0 Å². The Balaban J connectivity index is 1.05. The molecule has 1 aliphatic rings. The lowest BCUT2D eigenvalue weighted by Crippen LogP contribution is -2.34. The van der Waals surface area contributed by atoms with E-state index in [4.69, 9.17) is 0 Å². The van der Waals surface area contributed by atoms with Crippen molar-refractivity contribution in [3.05, 3.63) is 193 Å². The SMILES string of the molecule is Cc1cc2c(cc1-c1cccc(-n3c4ccccc4c4cc(-c5ccc(N(c6ccccc6)c6cccc7ccccc67)cc5)ccc43)c1)C(C)(C)CCC2(C)C. The molecule has 0 aliphatic heterocycles. The summed E-state index contributed by atoms with van der Waals surface area (Å²) in [6.07, 6.45) is 2.43. The molecule has 0 saturated carbocycles. The summed E-state index contributed by atoms with van der Waals surface area (Å²) in [6, 6.07) is 64.9. The minimum atomic E-state index is 0.161. The van der Waals surface area contributed by atoms with Crippen molar-refractivity contribution < 1.29 is 0 Å². The predicted molar refractivity (Wildman–Crippen MR) is 244 cm³/mol. The summed E-state index contributed by atoms with van der Waals surface area (Å²) in [4.78, 5) is 2.37. The van der Waals surface area contributed by atoms with Crippen LogP contribution in [0.2, 0.25) is 0 Å². The second-order valence-corrected chi connectivity index (χ2v) is 17.3. The van der Waals surface area contributed by atoms with Crippen LogP contribution in [-0.4, -0.2) is 4.57 Å². The molecule has 0 amide bonds. The zero-order valence-corrected chi connectivity index (χ0v) is 33.6. The molecular formula is C55H48N2. The van der Waals surface area contributed by atoms with Gasteiger partial charge in [0.05, 0.1) is 16.7 Å². The van der Waals surface area contributed by atoms with Gasteiger partial charge in [0.25, 0.3) is 0 Å². The van der Waals surface area contributed by atoms with Gasteiger partial charge in [-0.05, 0) is 136 Å². The van der Waals surface area contributed by atoms with Gasteiger partial charge in [-0.15, -0.1) is 0 Å². The fourth-order valence-corrected chi connectivity index (χ4v) is 9.49. The lowest BCUT2D eigenvalue weighted by Gasteiger charge is -2.42. The maximum Gasteiger partial charge on any atom is 0.0541 e. The number of hydrogen-bond acceptors (Lipinski definition) is 1. The molecule has 1 heterocycles. The zero-order chi connectivity index (χ0) is 38.9. The average molecular weight is 737 g/mol. The highest BCUT2D eigenvalue weighted by atomic mass is 15.1. The molecular weight excluding hydrogens is 689 g/mol. The number of aromatic nitrogens is 1. The molecule has 0 N–H and O–H groups in total. The van der Waals surface area contributed by atoms with Crippen LogP contribution in [0.4, 0.5) is 17.1 Å². The Kier molecular flexibility index (Phi) is 8.23. The molecule has 0 saturated heterocycles. The van der Waals surface area contributed by atoms with Gasteiger partial charge in [-0.1, -0.05) is 143 Å². The lowest BCUT2D eigenvalue weighted by molar-refractivity contribution is 0.332. The molecule has 8 aromatic carbocycles. The van der Waals surface area contributed by atoms with E-state index in [1.54, 1.807) is 0 Å². The summed E-state index contributed by atoms with van der Waals surface area (Å²) in [5, 5.41) is 4.98. The Labute approximate surface area is 336 Å². The van der Waals surface area contributed by atoms with Crippen molar-refractivity contribution in [3.8, 4) is 27.9 Å². The molecule has 9 aromatic rings. The molecule has 278 valence electrons. The largest absolute Gasteiger partial charge is 0.310 e. The van der Waals surface area contributed by atoms with Gasteiger partial charge in [0.1, 0.15) is 0 Å². The standard InChI is InChI=1S/C55H48N2/c1-37-33-49-50(55(4,5)32-31-54(49,2)3)36-47(37)41-17-13-20-44(34-41)57-52-23-12-11-22-46(52)48-35-40(27-30-53(48)57)38-25-28-43(29-26-38)56(42-18-7-6-8-19-42)51-24-14-16-39-15-9-10-21-45(39)51/h6-30,33-36H,31-32H2,1-5H3. The monoisotopic (exact) mass is 736 g/mol.